The van der Waals surface area contributed by atoms with Crippen LogP contribution in [0.1, 0.15) is 5.82 Å². The molecule has 0 unspecified atom stereocenters. The first-order valence-corrected chi connectivity index (χ1v) is 9.85. The van der Waals surface area contributed by atoms with E-state index in [-0.39, 0.29) is 23.7 Å². The molecule has 2 aromatic carbocycles. The maximum atomic E-state index is 12.2. The number of nitro groups is 1. The Morgan fingerprint density at radius 2 is 2.00 bits per heavy atom. The number of nitro benzene ring substituents is 1. The monoisotopic (exact) mass is 449 g/mol. The van der Waals surface area contributed by atoms with Crippen LogP contribution in [-0.2, 0) is 11.4 Å². The van der Waals surface area contributed by atoms with Crippen LogP contribution in [0.25, 0.3) is 0 Å². The van der Waals surface area contributed by atoms with Gasteiger partial charge in [0.2, 0.25) is 11.1 Å². The van der Waals surface area contributed by atoms with E-state index < -0.39 is 10.8 Å². The molecule has 0 radical (unpaired) electrons. The van der Waals surface area contributed by atoms with Crippen molar-refractivity contribution in [1.29, 1.82) is 0 Å². The summed E-state index contributed by atoms with van der Waals surface area (Å²) in [5, 5.41) is 21.4. The molecule has 156 valence electrons. The minimum atomic E-state index is -0.590. The van der Waals surface area contributed by atoms with Gasteiger partial charge in [0.25, 0.3) is 5.69 Å². The summed E-state index contributed by atoms with van der Waals surface area (Å²) in [4.78, 5) is 27.0. The molecular weight excluding hydrogens is 434 g/mol. The summed E-state index contributed by atoms with van der Waals surface area (Å²) in [6, 6.07) is 11.1. The van der Waals surface area contributed by atoms with Crippen molar-refractivity contribution in [1.82, 2.24) is 15.2 Å². The Bertz CT molecular complexity index is 1040. The Hall–Kier alpha value is -3.31. The fourth-order valence-corrected chi connectivity index (χ4v) is 3.04. The number of aromatic nitrogens is 3. The molecule has 2 N–H and O–H groups in total. The minimum absolute atomic E-state index is 0.0292. The molecule has 3 aromatic rings. The Kier molecular flexibility index (Phi) is 7.09. The van der Waals surface area contributed by atoms with Crippen LogP contribution in [0.4, 0.5) is 11.4 Å². The molecule has 1 heterocycles. The predicted octanol–water partition coefficient (Wildman–Crippen LogP) is 3.68. The second kappa shape index (κ2) is 9.94. The number of carbonyl (C=O) groups is 1. The molecule has 0 fully saturated rings. The predicted molar refractivity (Wildman–Crippen MR) is 111 cm³/mol. The number of amides is 1. The van der Waals surface area contributed by atoms with Gasteiger partial charge in [0.15, 0.2) is 5.82 Å². The molecule has 30 heavy (non-hydrogen) atoms. The Morgan fingerprint density at radius 3 is 2.70 bits per heavy atom. The van der Waals surface area contributed by atoms with Crippen molar-refractivity contribution in [3.05, 3.63) is 63.4 Å². The number of aromatic amines is 1. The molecule has 0 bridgehead atoms. The van der Waals surface area contributed by atoms with E-state index in [9.17, 15) is 14.9 Å². The van der Waals surface area contributed by atoms with Gasteiger partial charge in [0.05, 0.1) is 23.9 Å². The average molecular weight is 450 g/mol. The summed E-state index contributed by atoms with van der Waals surface area (Å²) in [5.74, 6) is 0.975. The zero-order valence-electron chi connectivity index (χ0n) is 15.6. The van der Waals surface area contributed by atoms with Crippen molar-refractivity contribution in [2.24, 2.45) is 0 Å². The number of methoxy groups -OCH3 is 1. The number of ether oxygens (including phenoxy) is 2. The van der Waals surface area contributed by atoms with E-state index >= 15 is 0 Å². The molecule has 0 spiro atoms. The lowest BCUT2D eigenvalue weighted by Crippen LogP contribution is -2.15. The normalized spacial score (nSPS) is 10.5. The van der Waals surface area contributed by atoms with Crippen molar-refractivity contribution in [2.75, 3.05) is 18.2 Å². The molecule has 12 heteroatoms. The molecule has 0 aliphatic heterocycles. The number of nitrogens with one attached hydrogen (secondary N) is 2. The molecule has 0 aliphatic rings. The van der Waals surface area contributed by atoms with Gasteiger partial charge in [-0.2, -0.15) is 0 Å². The van der Waals surface area contributed by atoms with Crippen LogP contribution >= 0.6 is 23.4 Å². The van der Waals surface area contributed by atoms with E-state index in [0.29, 0.717) is 27.5 Å². The van der Waals surface area contributed by atoms with E-state index in [2.05, 4.69) is 20.5 Å². The fraction of sp³-hybridized carbons (Fsp3) is 0.167. The van der Waals surface area contributed by atoms with Gasteiger partial charge in [-0.25, -0.2) is 4.98 Å². The number of halogens is 1. The topological polar surface area (TPSA) is 132 Å². The number of thioether (sulfide) groups is 1. The van der Waals surface area contributed by atoms with Crippen LogP contribution < -0.4 is 14.8 Å². The van der Waals surface area contributed by atoms with Gasteiger partial charge in [-0.1, -0.05) is 23.4 Å². The lowest BCUT2D eigenvalue weighted by molar-refractivity contribution is -0.384. The smallest absolute Gasteiger partial charge is 0.296 e. The average Bonchev–Trinajstić information content (AvgIpc) is 3.20. The quantitative estimate of drug-likeness (QED) is 0.287. The van der Waals surface area contributed by atoms with Crippen molar-refractivity contribution in [3.8, 4) is 11.5 Å². The fourth-order valence-electron chi connectivity index (χ4n) is 2.30. The van der Waals surface area contributed by atoms with Crippen molar-refractivity contribution in [3.63, 3.8) is 0 Å². The standard InChI is InChI=1S/C18H16ClN5O5S/c1-28-13-6-7-14(15(8-13)24(26)27)20-17(25)10-30-18-21-16(22-23-18)9-29-12-4-2-11(19)3-5-12/h2-8H,9-10H2,1H3,(H,20,25)(H,21,22,23). The van der Waals surface area contributed by atoms with Gasteiger partial charge in [-0.3, -0.25) is 20.0 Å². The van der Waals surface area contributed by atoms with Gasteiger partial charge in [0, 0.05) is 5.02 Å². The number of nitrogens with zero attached hydrogens (tertiary/aromatic N) is 3. The van der Waals surface area contributed by atoms with Gasteiger partial charge in [-0.05, 0) is 36.4 Å². The van der Waals surface area contributed by atoms with Crippen molar-refractivity contribution >= 4 is 40.6 Å². The third-order valence-corrected chi connectivity index (χ3v) is 4.81. The van der Waals surface area contributed by atoms with Crippen LogP contribution in [0, 0.1) is 10.1 Å². The summed E-state index contributed by atoms with van der Waals surface area (Å²) < 4.78 is 10.5. The summed E-state index contributed by atoms with van der Waals surface area (Å²) in [5.41, 5.74) is -0.175. The minimum Gasteiger partial charge on any atom is -0.496 e. The number of hydrogen-bond donors (Lipinski definition) is 2. The number of rotatable bonds is 9. The second-order valence-electron chi connectivity index (χ2n) is 5.78. The van der Waals surface area contributed by atoms with E-state index in [0.717, 1.165) is 11.8 Å². The number of H-pyrrole nitrogens is 1. The highest BCUT2D eigenvalue weighted by Crippen LogP contribution is 2.29. The van der Waals surface area contributed by atoms with Crippen LogP contribution in [0.15, 0.2) is 47.6 Å². The Balaban J connectivity index is 1.52. The molecule has 0 saturated heterocycles. The van der Waals surface area contributed by atoms with Crippen LogP contribution in [0.3, 0.4) is 0 Å². The molecule has 0 saturated carbocycles. The van der Waals surface area contributed by atoms with Gasteiger partial charge >= 0.3 is 0 Å². The third-order valence-electron chi connectivity index (χ3n) is 3.71. The number of anilines is 1. The van der Waals surface area contributed by atoms with E-state index in [4.69, 9.17) is 21.1 Å². The highest BCUT2D eigenvalue weighted by atomic mass is 35.5. The first-order valence-electron chi connectivity index (χ1n) is 8.49. The largest absolute Gasteiger partial charge is 0.496 e. The maximum Gasteiger partial charge on any atom is 0.296 e. The lowest BCUT2D eigenvalue weighted by atomic mass is 10.2. The zero-order chi connectivity index (χ0) is 21.5. The summed E-state index contributed by atoms with van der Waals surface area (Å²) >= 11 is 6.90. The van der Waals surface area contributed by atoms with Gasteiger partial charge in [-0.15, -0.1) is 5.10 Å². The summed E-state index contributed by atoms with van der Waals surface area (Å²) in [7, 11) is 1.40. The third kappa shape index (κ3) is 5.84. The van der Waals surface area contributed by atoms with Crippen molar-refractivity contribution in [2.45, 2.75) is 11.8 Å². The number of carbonyl (C=O) groups excluding carboxylic acids is 1. The highest BCUT2D eigenvalue weighted by molar-refractivity contribution is 7.99. The molecule has 10 nitrogen and oxygen atoms in total. The zero-order valence-corrected chi connectivity index (χ0v) is 17.2. The molecule has 1 aromatic heterocycles. The molecule has 0 aliphatic carbocycles. The first kappa shape index (κ1) is 21.4. The summed E-state index contributed by atoms with van der Waals surface area (Å²) in [6.07, 6.45) is 0. The first-order chi connectivity index (χ1) is 14.4. The molecular formula is C18H16ClN5O5S. The maximum absolute atomic E-state index is 12.2. The van der Waals surface area contributed by atoms with Crippen molar-refractivity contribution < 1.29 is 19.2 Å². The van der Waals surface area contributed by atoms with Gasteiger partial charge in [0.1, 0.15) is 23.8 Å². The Morgan fingerprint density at radius 1 is 1.27 bits per heavy atom. The van der Waals surface area contributed by atoms with E-state index in [1.165, 1.54) is 25.3 Å². The van der Waals surface area contributed by atoms with E-state index in [1.54, 1.807) is 24.3 Å². The summed E-state index contributed by atoms with van der Waals surface area (Å²) in [6.45, 7) is 0.166. The van der Waals surface area contributed by atoms with E-state index in [1.807, 2.05) is 0 Å². The van der Waals surface area contributed by atoms with Crippen LogP contribution in [-0.4, -0.2) is 38.9 Å². The molecule has 0 atom stereocenters. The number of hydrogen-bond acceptors (Lipinski definition) is 8. The highest BCUT2D eigenvalue weighted by Gasteiger charge is 2.18. The second-order valence-corrected chi connectivity index (χ2v) is 7.16. The van der Waals surface area contributed by atoms with Gasteiger partial charge < -0.3 is 14.8 Å². The molecule has 1 amide bonds. The molecule has 3 rings (SSSR count). The Labute approximate surface area is 180 Å². The SMILES string of the molecule is COc1ccc(NC(=O)CSc2n[nH]c(COc3ccc(Cl)cc3)n2)c([N+](=O)[O-])c1. The van der Waals surface area contributed by atoms with Crippen LogP contribution in [0.2, 0.25) is 5.02 Å². The lowest BCUT2D eigenvalue weighted by Gasteiger charge is -2.07. The number of benzene rings is 2. The van der Waals surface area contributed by atoms with Crippen LogP contribution in [0.5, 0.6) is 11.5 Å².